The highest BCUT2D eigenvalue weighted by atomic mass is 16.4. The summed E-state index contributed by atoms with van der Waals surface area (Å²) >= 11 is 0. The van der Waals surface area contributed by atoms with Gasteiger partial charge in [0.2, 0.25) is 0 Å². The molecule has 0 unspecified atom stereocenters. The van der Waals surface area contributed by atoms with Crippen molar-refractivity contribution in [3.8, 4) is 11.3 Å². The number of carboxylic acid groups (broad SMARTS) is 1. The molecule has 7 heteroatoms. The molecule has 2 amide bonds. The summed E-state index contributed by atoms with van der Waals surface area (Å²) in [6.07, 6.45) is 6.25. The maximum absolute atomic E-state index is 12.6. The average molecular weight is 376 g/mol. The summed E-state index contributed by atoms with van der Waals surface area (Å²) in [5.74, 6) is -1.19. The second kappa shape index (κ2) is 6.02. The number of aromatic carboxylic acids is 1. The topological polar surface area (TPSA) is 100 Å². The van der Waals surface area contributed by atoms with E-state index in [4.69, 9.17) is 4.42 Å². The van der Waals surface area contributed by atoms with Crippen molar-refractivity contribution in [1.29, 1.82) is 0 Å². The number of nitrogens with zero attached hydrogens (tertiary/aromatic N) is 2. The lowest BCUT2D eigenvalue weighted by Crippen LogP contribution is -2.28. The van der Waals surface area contributed by atoms with Gasteiger partial charge in [-0.1, -0.05) is 30.4 Å². The minimum atomic E-state index is -1.05. The number of imide groups is 1. The van der Waals surface area contributed by atoms with Crippen LogP contribution in [0.4, 0.5) is 0 Å². The standard InChI is InChI=1S/C21H16N2O5/c24-19-17-11-5-6-12(9-11)18(17)20(25)23(19)22-10-13-7-8-16(28-13)14-3-1-2-4-15(14)21(26)27/h1-8,10-12,17-18H,9H2,(H,26,27)/b22-10-/t11-,12-,17+,18+/m0/s1. The summed E-state index contributed by atoms with van der Waals surface area (Å²) in [6.45, 7) is 0. The summed E-state index contributed by atoms with van der Waals surface area (Å²) in [7, 11) is 0. The van der Waals surface area contributed by atoms with Crippen LogP contribution in [-0.2, 0) is 9.59 Å². The van der Waals surface area contributed by atoms with Crippen LogP contribution in [0.15, 0.2) is 58.1 Å². The molecule has 0 radical (unpaired) electrons. The van der Waals surface area contributed by atoms with Crippen LogP contribution in [0.5, 0.6) is 0 Å². The number of hydrogen-bond donors (Lipinski definition) is 1. The van der Waals surface area contributed by atoms with Gasteiger partial charge < -0.3 is 9.52 Å². The Labute approximate surface area is 159 Å². The molecule has 1 N–H and O–H groups in total. The van der Waals surface area contributed by atoms with Gasteiger partial charge in [-0.25, -0.2) is 4.79 Å². The summed E-state index contributed by atoms with van der Waals surface area (Å²) in [6, 6.07) is 9.77. The van der Waals surface area contributed by atoms with Crippen molar-refractivity contribution in [2.24, 2.45) is 28.8 Å². The van der Waals surface area contributed by atoms with Gasteiger partial charge in [-0.3, -0.25) is 9.59 Å². The van der Waals surface area contributed by atoms with Gasteiger partial charge in [0, 0.05) is 5.56 Å². The van der Waals surface area contributed by atoms with Crippen LogP contribution in [0, 0.1) is 23.7 Å². The van der Waals surface area contributed by atoms with Crippen molar-refractivity contribution in [1.82, 2.24) is 5.01 Å². The Bertz CT molecular complexity index is 1040. The molecule has 1 saturated heterocycles. The first-order valence-electron chi connectivity index (χ1n) is 9.07. The Balaban J connectivity index is 1.39. The highest BCUT2D eigenvalue weighted by molar-refractivity contribution is 6.06. The van der Waals surface area contributed by atoms with E-state index in [1.54, 1.807) is 30.3 Å². The quantitative estimate of drug-likeness (QED) is 0.502. The maximum Gasteiger partial charge on any atom is 0.336 e. The maximum atomic E-state index is 12.6. The van der Waals surface area contributed by atoms with E-state index in [0.29, 0.717) is 17.1 Å². The summed E-state index contributed by atoms with van der Waals surface area (Å²) < 4.78 is 5.67. The molecule has 1 aliphatic heterocycles. The van der Waals surface area contributed by atoms with E-state index in [1.165, 1.54) is 12.3 Å². The van der Waals surface area contributed by atoms with Crippen LogP contribution < -0.4 is 0 Å². The summed E-state index contributed by atoms with van der Waals surface area (Å²) in [4.78, 5) is 36.6. The molecule has 28 heavy (non-hydrogen) atoms. The molecule has 2 aliphatic carbocycles. The van der Waals surface area contributed by atoms with E-state index >= 15 is 0 Å². The smallest absolute Gasteiger partial charge is 0.336 e. The summed E-state index contributed by atoms with van der Waals surface area (Å²) in [5, 5.41) is 14.3. The Morgan fingerprint density at radius 1 is 1.07 bits per heavy atom. The van der Waals surface area contributed by atoms with Crippen molar-refractivity contribution in [2.45, 2.75) is 6.42 Å². The van der Waals surface area contributed by atoms with E-state index in [1.807, 2.05) is 12.2 Å². The lowest BCUT2D eigenvalue weighted by atomic mass is 9.85. The van der Waals surface area contributed by atoms with Crippen molar-refractivity contribution < 1.29 is 23.9 Å². The van der Waals surface area contributed by atoms with E-state index in [-0.39, 0.29) is 41.0 Å². The molecular weight excluding hydrogens is 360 g/mol. The molecule has 2 heterocycles. The third-order valence-electron chi connectivity index (χ3n) is 5.80. The molecule has 2 aromatic rings. The molecule has 2 fully saturated rings. The number of amides is 2. The van der Waals surface area contributed by atoms with Crippen molar-refractivity contribution in [3.05, 3.63) is 59.9 Å². The Morgan fingerprint density at radius 3 is 2.43 bits per heavy atom. The highest BCUT2D eigenvalue weighted by Crippen LogP contribution is 2.52. The number of carbonyl (C=O) groups excluding carboxylic acids is 2. The van der Waals surface area contributed by atoms with Gasteiger partial charge in [0.1, 0.15) is 11.5 Å². The number of carbonyl (C=O) groups is 3. The van der Waals surface area contributed by atoms with Crippen LogP contribution in [-0.4, -0.2) is 34.1 Å². The Morgan fingerprint density at radius 2 is 1.75 bits per heavy atom. The third kappa shape index (κ3) is 2.36. The number of benzene rings is 1. The Kier molecular flexibility index (Phi) is 3.58. The van der Waals surface area contributed by atoms with Gasteiger partial charge in [0.05, 0.1) is 23.6 Å². The van der Waals surface area contributed by atoms with Crippen molar-refractivity contribution in [3.63, 3.8) is 0 Å². The van der Waals surface area contributed by atoms with Crippen LogP contribution in [0.2, 0.25) is 0 Å². The number of allylic oxidation sites excluding steroid dienone is 2. The molecule has 5 rings (SSSR count). The van der Waals surface area contributed by atoms with Crippen LogP contribution in [0.3, 0.4) is 0 Å². The van der Waals surface area contributed by atoms with Crippen LogP contribution >= 0.6 is 0 Å². The number of fused-ring (bicyclic) bond motifs is 5. The van der Waals surface area contributed by atoms with Gasteiger partial charge in [-0.15, -0.1) is 0 Å². The van der Waals surface area contributed by atoms with Gasteiger partial charge in [-0.2, -0.15) is 10.1 Å². The molecule has 4 atom stereocenters. The van der Waals surface area contributed by atoms with Gasteiger partial charge >= 0.3 is 5.97 Å². The monoisotopic (exact) mass is 376 g/mol. The molecule has 0 spiro atoms. The first kappa shape index (κ1) is 16.7. The van der Waals surface area contributed by atoms with Crippen LogP contribution in [0.25, 0.3) is 11.3 Å². The fourth-order valence-corrected chi connectivity index (χ4v) is 4.57. The Hall–Kier alpha value is -3.48. The summed E-state index contributed by atoms with van der Waals surface area (Å²) in [5.41, 5.74) is 0.571. The van der Waals surface area contributed by atoms with E-state index in [9.17, 15) is 19.5 Å². The molecule has 1 saturated carbocycles. The highest BCUT2D eigenvalue weighted by Gasteiger charge is 2.59. The lowest BCUT2D eigenvalue weighted by molar-refractivity contribution is -0.140. The molecule has 3 aliphatic rings. The number of furan rings is 1. The van der Waals surface area contributed by atoms with E-state index in [0.717, 1.165) is 11.4 Å². The lowest BCUT2D eigenvalue weighted by Gasteiger charge is -2.13. The number of hydrogen-bond acceptors (Lipinski definition) is 5. The minimum absolute atomic E-state index is 0.126. The molecule has 1 aromatic heterocycles. The third-order valence-corrected chi connectivity index (χ3v) is 5.80. The molecule has 2 bridgehead atoms. The molecule has 7 nitrogen and oxygen atoms in total. The van der Waals surface area contributed by atoms with E-state index < -0.39 is 5.97 Å². The number of rotatable bonds is 4. The fourth-order valence-electron chi connectivity index (χ4n) is 4.57. The first-order chi connectivity index (χ1) is 13.5. The molecule has 140 valence electrons. The van der Waals surface area contributed by atoms with Crippen molar-refractivity contribution in [2.75, 3.05) is 0 Å². The zero-order valence-corrected chi connectivity index (χ0v) is 14.7. The van der Waals surface area contributed by atoms with Gasteiger partial charge in [0.15, 0.2) is 0 Å². The van der Waals surface area contributed by atoms with Gasteiger partial charge in [0.25, 0.3) is 11.8 Å². The second-order valence-electron chi connectivity index (χ2n) is 7.29. The molecule has 1 aromatic carbocycles. The predicted molar refractivity (Wildman–Crippen MR) is 98.3 cm³/mol. The van der Waals surface area contributed by atoms with E-state index in [2.05, 4.69) is 5.10 Å². The zero-order valence-electron chi connectivity index (χ0n) is 14.7. The number of hydrazone groups is 1. The SMILES string of the molecule is O=C(O)c1ccccc1-c1ccc(/C=N\N2C(=O)[C@H]3[C@H](C2=O)[C@H]2C=C[C@H]3C2)o1. The number of carboxylic acids is 1. The van der Waals surface area contributed by atoms with Crippen molar-refractivity contribution >= 4 is 24.0 Å². The first-order valence-corrected chi connectivity index (χ1v) is 9.07. The zero-order chi connectivity index (χ0) is 19.4. The normalized spacial score (nSPS) is 27.9. The molecular formula is C21H16N2O5. The predicted octanol–water partition coefficient (Wildman–Crippen LogP) is 2.79. The minimum Gasteiger partial charge on any atom is -0.478 e. The fraction of sp³-hybridized carbons (Fsp3) is 0.238. The van der Waals surface area contributed by atoms with Crippen LogP contribution in [0.1, 0.15) is 22.5 Å². The second-order valence-corrected chi connectivity index (χ2v) is 7.29. The average Bonchev–Trinajstić information content (AvgIpc) is 3.46. The largest absolute Gasteiger partial charge is 0.478 e. The van der Waals surface area contributed by atoms with Gasteiger partial charge in [-0.05, 0) is 36.5 Å².